The Morgan fingerprint density at radius 2 is 1.79 bits per heavy atom. The van der Waals surface area contributed by atoms with Gasteiger partial charge in [-0.1, -0.05) is 0 Å². The second kappa shape index (κ2) is 8.37. The molecule has 11 heteroatoms. The number of anilines is 1. The SMILES string of the molecule is Cc1cc(C(=O)OCC(=O)Nc2ccc(OC(F)(F)F)cc2)ccc1[N+](=O)[O-]. The molecule has 0 saturated heterocycles. The number of ether oxygens (including phenoxy) is 2. The molecule has 0 atom stereocenters. The summed E-state index contributed by atoms with van der Waals surface area (Å²) in [7, 11) is 0. The van der Waals surface area contributed by atoms with Crippen LogP contribution in [0.2, 0.25) is 0 Å². The van der Waals surface area contributed by atoms with Crippen LogP contribution in [0.4, 0.5) is 24.5 Å². The molecule has 2 rings (SSSR count). The van der Waals surface area contributed by atoms with Crippen LogP contribution in [0.5, 0.6) is 5.75 Å². The Hall–Kier alpha value is -3.63. The molecule has 0 aliphatic carbocycles. The number of hydrogen-bond acceptors (Lipinski definition) is 6. The standard InChI is InChI=1S/C17H13F3N2O6/c1-10-8-11(2-7-14(10)22(25)26)16(24)27-9-15(23)21-12-3-5-13(6-4-12)28-17(18,19)20/h2-8H,9H2,1H3,(H,21,23). The third-order valence-electron chi connectivity index (χ3n) is 3.34. The molecule has 2 aromatic carbocycles. The highest BCUT2D eigenvalue weighted by atomic mass is 19.4. The van der Waals surface area contributed by atoms with E-state index in [1.54, 1.807) is 0 Å². The maximum absolute atomic E-state index is 12.1. The largest absolute Gasteiger partial charge is 0.573 e. The van der Waals surface area contributed by atoms with Crippen molar-refractivity contribution >= 4 is 23.3 Å². The van der Waals surface area contributed by atoms with E-state index in [0.29, 0.717) is 0 Å². The first-order chi connectivity index (χ1) is 13.0. The smallest absolute Gasteiger partial charge is 0.452 e. The molecule has 0 aromatic heterocycles. The Morgan fingerprint density at radius 3 is 2.32 bits per heavy atom. The van der Waals surface area contributed by atoms with Gasteiger partial charge >= 0.3 is 12.3 Å². The Labute approximate surface area is 156 Å². The van der Waals surface area contributed by atoms with Crippen LogP contribution in [-0.4, -0.2) is 29.8 Å². The van der Waals surface area contributed by atoms with Crippen LogP contribution in [0, 0.1) is 17.0 Å². The zero-order valence-electron chi connectivity index (χ0n) is 14.3. The molecule has 0 fully saturated rings. The van der Waals surface area contributed by atoms with Gasteiger partial charge in [-0.25, -0.2) is 4.79 Å². The van der Waals surface area contributed by atoms with E-state index in [1.807, 2.05) is 0 Å². The number of nitrogens with one attached hydrogen (secondary N) is 1. The van der Waals surface area contributed by atoms with Gasteiger partial charge < -0.3 is 14.8 Å². The lowest BCUT2D eigenvalue weighted by Gasteiger charge is -2.10. The molecule has 0 radical (unpaired) electrons. The zero-order valence-corrected chi connectivity index (χ0v) is 14.3. The van der Waals surface area contributed by atoms with Gasteiger partial charge in [-0.2, -0.15) is 0 Å². The molecule has 0 saturated carbocycles. The minimum atomic E-state index is -4.82. The normalized spacial score (nSPS) is 10.9. The fourth-order valence-corrected chi connectivity index (χ4v) is 2.14. The van der Waals surface area contributed by atoms with Crippen LogP contribution in [0.3, 0.4) is 0 Å². The van der Waals surface area contributed by atoms with Gasteiger partial charge in [0, 0.05) is 17.3 Å². The Morgan fingerprint density at radius 1 is 1.14 bits per heavy atom. The molecule has 148 valence electrons. The number of aryl methyl sites for hydroxylation is 1. The summed E-state index contributed by atoms with van der Waals surface area (Å²) >= 11 is 0. The van der Waals surface area contributed by atoms with E-state index in [9.17, 15) is 32.9 Å². The second-order valence-electron chi connectivity index (χ2n) is 5.45. The average Bonchev–Trinajstić information content (AvgIpc) is 2.59. The van der Waals surface area contributed by atoms with Gasteiger partial charge in [0.1, 0.15) is 5.75 Å². The third-order valence-corrected chi connectivity index (χ3v) is 3.34. The predicted molar refractivity (Wildman–Crippen MR) is 89.9 cm³/mol. The van der Waals surface area contributed by atoms with Crippen molar-refractivity contribution in [3.63, 3.8) is 0 Å². The fraction of sp³-hybridized carbons (Fsp3) is 0.176. The summed E-state index contributed by atoms with van der Waals surface area (Å²) in [4.78, 5) is 33.9. The maximum atomic E-state index is 12.1. The minimum Gasteiger partial charge on any atom is -0.452 e. The average molecular weight is 398 g/mol. The van der Waals surface area contributed by atoms with Crippen molar-refractivity contribution in [2.75, 3.05) is 11.9 Å². The number of nitrogens with zero attached hydrogens (tertiary/aromatic N) is 1. The van der Waals surface area contributed by atoms with Crippen molar-refractivity contribution in [2.24, 2.45) is 0 Å². The summed E-state index contributed by atoms with van der Waals surface area (Å²) in [6, 6.07) is 7.99. The molecular formula is C17H13F3N2O6. The lowest BCUT2D eigenvalue weighted by Crippen LogP contribution is -2.21. The number of esters is 1. The van der Waals surface area contributed by atoms with E-state index in [1.165, 1.54) is 31.2 Å². The summed E-state index contributed by atoms with van der Waals surface area (Å²) in [6.45, 7) is 0.795. The minimum absolute atomic E-state index is 0.0320. The highest BCUT2D eigenvalue weighted by molar-refractivity contribution is 5.95. The monoisotopic (exact) mass is 398 g/mol. The molecule has 0 aliphatic rings. The highest BCUT2D eigenvalue weighted by Gasteiger charge is 2.31. The number of nitro benzene ring substituents is 1. The van der Waals surface area contributed by atoms with Gasteiger partial charge in [0.05, 0.1) is 10.5 Å². The Kier molecular flexibility index (Phi) is 6.18. The van der Waals surface area contributed by atoms with Crippen LogP contribution in [-0.2, 0) is 9.53 Å². The van der Waals surface area contributed by atoms with Crippen LogP contribution in [0.15, 0.2) is 42.5 Å². The maximum Gasteiger partial charge on any atom is 0.573 e. The molecule has 0 spiro atoms. The van der Waals surface area contributed by atoms with Gasteiger partial charge in [0.15, 0.2) is 6.61 Å². The van der Waals surface area contributed by atoms with Crippen molar-refractivity contribution < 1.29 is 37.2 Å². The molecular weight excluding hydrogens is 385 g/mol. The number of benzene rings is 2. The summed E-state index contributed by atoms with van der Waals surface area (Å²) in [5, 5.41) is 13.1. The summed E-state index contributed by atoms with van der Waals surface area (Å²) in [5.74, 6) is -2.04. The predicted octanol–water partition coefficient (Wildman–Crippen LogP) is 3.60. The molecule has 2 aromatic rings. The second-order valence-corrected chi connectivity index (χ2v) is 5.45. The van der Waals surface area contributed by atoms with Crippen molar-refractivity contribution in [3.05, 3.63) is 63.7 Å². The highest BCUT2D eigenvalue weighted by Crippen LogP contribution is 2.24. The first kappa shape index (κ1) is 20.7. The number of carbonyl (C=O) groups excluding carboxylic acids is 2. The van der Waals surface area contributed by atoms with Gasteiger partial charge in [0.2, 0.25) is 0 Å². The van der Waals surface area contributed by atoms with Crippen LogP contribution in [0.1, 0.15) is 15.9 Å². The van der Waals surface area contributed by atoms with Crippen LogP contribution in [0.25, 0.3) is 0 Å². The molecule has 8 nitrogen and oxygen atoms in total. The van der Waals surface area contributed by atoms with E-state index in [-0.39, 0.29) is 22.5 Å². The molecule has 28 heavy (non-hydrogen) atoms. The van der Waals surface area contributed by atoms with Crippen molar-refractivity contribution in [1.82, 2.24) is 0 Å². The van der Waals surface area contributed by atoms with Crippen molar-refractivity contribution in [2.45, 2.75) is 13.3 Å². The topological polar surface area (TPSA) is 108 Å². The zero-order chi connectivity index (χ0) is 20.9. The lowest BCUT2D eigenvalue weighted by atomic mass is 10.1. The Balaban J connectivity index is 1.89. The number of nitro groups is 1. The van der Waals surface area contributed by atoms with Crippen LogP contribution < -0.4 is 10.1 Å². The first-order valence-corrected chi connectivity index (χ1v) is 7.63. The van der Waals surface area contributed by atoms with Gasteiger partial charge in [-0.3, -0.25) is 14.9 Å². The van der Waals surface area contributed by atoms with E-state index in [4.69, 9.17) is 4.74 Å². The summed E-state index contributed by atoms with van der Waals surface area (Å²) < 4.78 is 44.8. The van der Waals surface area contributed by atoms with E-state index in [0.717, 1.165) is 18.2 Å². The first-order valence-electron chi connectivity index (χ1n) is 7.63. The molecule has 0 aliphatic heterocycles. The van der Waals surface area contributed by atoms with Gasteiger partial charge in [-0.05, 0) is 43.3 Å². The molecule has 0 unspecified atom stereocenters. The fourth-order valence-electron chi connectivity index (χ4n) is 2.14. The Bertz CT molecular complexity index is 897. The van der Waals surface area contributed by atoms with E-state index < -0.39 is 35.5 Å². The number of carbonyl (C=O) groups is 2. The van der Waals surface area contributed by atoms with Crippen molar-refractivity contribution in [1.29, 1.82) is 0 Å². The number of alkyl halides is 3. The molecule has 0 heterocycles. The quantitative estimate of drug-likeness (QED) is 0.453. The third kappa shape index (κ3) is 5.97. The summed E-state index contributed by atoms with van der Waals surface area (Å²) in [5.41, 5.74) is 0.295. The van der Waals surface area contributed by atoms with E-state index >= 15 is 0 Å². The summed E-state index contributed by atoms with van der Waals surface area (Å²) in [6.07, 6.45) is -4.82. The lowest BCUT2D eigenvalue weighted by molar-refractivity contribution is -0.385. The molecule has 0 bridgehead atoms. The molecule has 1 N–H and O–H groups in total. The number of rotatable bonds is 6. The van der Waals surface area contributed by atoms with Gasteiger partial charge in [0.25, 0.3) is 11.6 Å². The number of hydrogen-bond donors (Lipinski definition) is 1. The number of amides is 1. The van der Waals surface area contributed by atoms with Gasteiger partial charge in [-0.15, -0.1) is 13.2 Å². The van der Waals surface area contributed by atoms with E-state index in [2.05, 4.69) is 10.1 Å². The number of halogens is 3. The van der Waals surface area contributed by atoms with Crippen LogP contribution >= 0.6 is 0 Å². The molecule has 1 amide bonds. The van der Waals surface area contributed by atoms with Crippen molar-refractivity contribution in [3.8, 4) is 5.75 Å².